The van der Waals surface area contributed by atoms with E-state index >= 15 is 0 Å². The van der Waals surface area contributed by atoms with E-state index < -0.39 is 5.97 Å². The molecule has 0 fully saturated rings. The molecule has 0 bridgehead atoms. The summed E-state index contributed by atoms with van der Waals surface area (Å²) in [6.45, 7) is 4.33. The molecule has 1 aromatic heterocycles. The van der Waals surface area contributed by atoms with Crippen LogP contribution in [0.1, 0.15) is 13.8 Å². The molecule has 1 rings (SSSR count). The third-order valence-electron chi connectivity index (χ3n) is 1.90. The third-order valence-corrected chi connectivity index (χ3v) is 1.90. The van der Waals surface area contributed by atoms with Gasteiger partial charge in [-0.3, -0.25) is 9.59 Å². The molecule has 1 heterocycles. The van der Waals surface area contributed by atoms with Gasteiger partial charge < -0.3 is 15.0 Å². The van der Waals surface area contributed by atoms with Crippen molar-refractivity contribution in [2.45, 2.75) is 13.8 Å². The molecular weight excluding hydrogens is 210 g/mol. The molecule has 0 atom stereocenters. The van der Waals surface area contributed by atoms with Gasteiger partial charge in [0.1, 0.15) is 12.4 Å². The minimum atomic E-state index is -0.942. The molecular formula is C10H15N3O3. The Morgan fingerprint density at radius 2 is 2.31 bits per heavy atom. The second kappa shape index (κ2) is 5.29. The van der Waals surface area contributed by atoms with Gasteiger partial charge in [-0.05, 0) is 5.92 Å². The fourth-order valence-electron chi connectivity index (χ4n) is 1.37. The quantitative estimate of drug-likeness (QED) is 0.753. The molecule has 88 valence electrons. The minimum Gasteiger partial charge on any atom is -0.480 e. The molecule has 0 saturated heterocycles. The maximum Gasteiger partial charge on any atom is 0.323 e. The van der Waals surface area contributed by atoms with Crippen LogP contribution < -0.4 is 10.5 Å². The summed E-state index contributed by atoms with van der Waals surface area (Å²) < 4.78 is 0. The first-order valence-electron chi connectivity index (χ1n) is 5.00. The molecule has 1 aromatic rings. The lowest BCUT2D eigenvalue weighted by Gasteiger charge is -2.23. The first kappa shape index (κ1) is 12.2. The monoisotopic (exact) mass is 225 g/mol. The summed E-state index contributed by atoms with van der Waals surface area (Å²) in [5, 5.41) is 8.77. The molecule has 0 saturated carbocycles. The maximum absolute atomic E-state index is 11.1. The van der Waals surface area contributed by atoms with Crippen LogP contribution in [0.2, 0.25) is 0 Å². The Morgan fingerprint density at radius 3 is 2.81 bits per heavy atom. The summed E-state index contributed by atoms with van der Waals surface area (Å²) in [4.78, 5) is 29.7. The van der Waals surface area contributed by atoms with Crippen LogP contribution in [-0.2, 0) is 4.79 Å². The summed E-state index contributed by atoms with van der Waals surface area (Å²) in [5.41, 5.74) is -0.288. The largest absolute Gasteiger partial charge is 0.480 e. The first-order valence-corrected chi connectivity index (χ1v) is 5.00. The minimum absolute atomic E-state index is 0.158. The molecule has 0 amide bonds. The second-order valence-electron chi connectivity index (χ2n) is 3.94. The van der Waals surface area contributed by atoms with Crippen molar-refractivity contribution >= 4 is 11.8 Å². The van der Waals surface area contributed by atoms with Crippen LogP contribution in [0.15, 0.2) is 17.2 Å². The van der Waals surface area contributed by atoms with Crippen LogP contribution in [0.3, 0.4) is 0 Å². The Labute approximate surface area is 92.9 Å². The Bertz CT molecular complexity index is 414. The van der Waals surface area contributed by atoms with Crippen LogP contribution in [0.4, 0.5) is 5.82 Å². The molecule has 0 aliphatic rings. The SMILES string of the molecule is CC(C)CN(CC(=O)O)c1cc(=O)[nH]cn1. The maximum atomic E-state index is 11.1. The highest BCUT2D eigenvalue weighted by molar-refractivity contribution is 5.73. The fourth-order valence-corrected chi connectivity index (χ4v) is 1.37. The van der Waals surface area contributed by atoms with Crippen molar-refractivity contribution in [1.29, 1.82) is 0 Å². The number of nitrogens with one attached hydrogen (secondary N) is 1. The average molecular weight is 225 g/mol. The number of carboxylic acids is 1. The molecule has 6 nitrogen and oxygen atoms in total. The first-order chi connectivity index (χ1) is 7.49. The van der Waals surface area contributed by atoms with Gasteiger partial charge in [0.05, 0.1) is 6.33 Å². The Kier molecular flexibility index (Phi) is 4.04. The number of aliphatic carboxylic acids is 1. The van der Waals surface area contributed by atoms with Crippen molar-refractivity contribution in [3.63, 3.8) is 0 Å². The van der Waals surface area contributed by atoms with E-state index in [0.29, 0.717) is 18.3 Å². The van der Waals surface area contributed by atoms with Gasteiger partial charge in [0.2, 0.25) is 0 Å². The Morgan fingerprint density at radius 1 is 1.62 bits per heavy atom. The Balaban J connectivity index is 2.91. The van der Waals surface area contributed by atoms with Crippen molar-refractivity contribution in [1.82, 2.24) is 9.97 Å². The summed E-state index contributed by atoms with van der Waals surface area (Å²) in [6, 6.07) is 1.30. The lowest BCUT2D eigenvalue weighted by Crippen LogP contribution is -2.34. The zero-order valence-electron chi connectivity index (χ0n) is 9.30. The van der Waals surface area contributed by atoms with Crippen molar-refractivity contribution in [3.8, 4) is 0 Å². The van der Waals surface area contributed by atoms with Gasteiger partial charge in [0.15, 0.2) is 0 Å². The normalized spacial score (nSPS) is 10.4. The predicted molar refractivity (Wildman–Crippen MR) is 59.5 cm³/mol. The van der Waals surface area contributed by atoms with E-state index in [1.165, 1.54) is 12.4 Å². The molecule has 16 heavy (non-hydrogen) atoms. The van der Waals surface area contributed by atoms with Gasteiger partial charge in [-0.1, -0.05) is 13.8 Å². The van der Waals surface area contributed by atoms with Gasteiger partial charge >= 0.3 is 5.97 Å². The van der Waals surface area contributed by atoms with Gasteiger partial charge in [0, 0.05) is 12.6 Å². The average Bonchev–Trinajstić information content (AvgIpc) is 2.15. The van der Waals surface area contributed by atoms with E-state index in [4.69, 9.17) is 5.11 Å². The number of H-pyrrole nitrogens is 1. The summed E-state index contributed by atoms with van der Waals surface area (Å²) in [6.07, 6.45) is 1.27. The summed E-state index contributed by atoms with van der Waals surface area (Å²) >= 11 is 0. The van der Waals surface area contributed by atoms with Crippen molar-refractivity contribution in [2.24, 2.45) is 5.92 Å². The van der Waals surface area contributed by atoms with Gasteiger partial charge in [-0.25, -0.2) is 4.98 Å². The third kappa shape index (κ3) is 3.72. The van der Waals surface area contributed by atoms with Crippen LogP contribution in [0, 0.1) is 5.92 Å². The number of rotatable bonds is 5. The van der Waals surface area contributed by atoms with Crippen molar-refractivity contribution in [2.75, 3.05) is 18.0 Å². The van der Waals surface area contributed by atoms with E-state index in [9.17, 15) is 9.59 Å². The highest BCUT2D eigenvalue weighted by atomic mass is 16.4. The molecule has 0 unspecified atom stereocenters. The van der Waals surface area contributed by atoms with Crippen LogP contribution in [0.5, 0.6) is 0 Å². The number of hydrogen-bond donors (Lipinski definition) is 2. The molecule has 6 heteroatoms. The van der Waals surface area contributed by atoms with Gasteiger partial charge in [0.25, 0.3) is 5.56 Å². The lowest BCUT2D eigenvalue weighted by molar-refractivity contribution is -0.135. The number of anilines is 1. The van der Waals surface area contributed by atoms with E-state index in [0.717, 1.165) is 0 Å². The number of carboxylic acid groups (broad SMARTS) is 1. The van der Waals surface area contributed by atoms with Gasteiger partial charge in [-0.2, -0.15) is 0 Å². The molecule has 2 N–H and O–H groups in total. The van der Waals surface area contributed by atoms with Gasteiger partial charge in [-0.15, -0.1) is 0 Å². The summed E-state index contributed by atoms with van der Waals surface area (Å²) in [7, 11) is 0. The fraction of sp³-hybridized carbons (Fsp3) is 0.500. The lowest BCUT2D eigenvalue weighted by atomic mass is 10.2. The van der Waals surface area contributed by atoms with Crippen LogP contribution in [0.25, 0.3) is 0 Å². The smallest absolute Gasteiger partial charge is 0.323 e. The van der Waals surface area contributed by atoms with E-state index in [1.54, 1.807) is 4.90 Å². The summed E-state index contributed by atoms with van der Waals surface area (Å²) in [5.74, 6) is -0.261. The van der Waals surface area contributed by atoms with Crippen LogP contribution >= 0.6 is 0 Å². The molecule has 0 aliphatic carbocycles. The second-order valence-corrected chi connectivity index (χ2v) is 3.94. The highest BCUT2D eigenvalue weighted by Crippen LogP contribution is 2.09. The zero-order valence-corrected chi connectivity index (χ0v) is 9.30. The predicted octanol–water partition coefficient (Wildman–Crippen LogP) is 0.317. The van der Waals surface area contributed by atoms with Crippen LogP contribution in [-0.4, -0.2) is 34.1 Å². The molecule has 0 aromatic carbocycles. The number of carbonyl (C=O) groups is 1. The van der Waals surface area contributed by atoms with E-state index in [1.807, 2.05) is 13.8 Å². The topological polar surface area (TPSA) is 86.3 Å². The number of hydrogen-bond acceptors (Lipinski definition) is 4. The zero-order chi connectivity index (χ0) is 12.1. The Hall–Kier alpha value is -1.85. The number of aromatic amines is 1. The van der Waals surface area contributed by atoms with E-state index in [2.05, 4.69) is 9.97 Å². The molecule has 0 aliphatic heterocycles. The molecule has 0 spiro atoms. The highest BCUT2D eigenvalue weighted by Gasteiger charge is 2.13. The van der Waals surface area contributed by atoms with Crippen molar-refractivity contribution < 1.29 is 9.90 Å². The number of nitrogens with zero attached hydrogens (tertiary/aromatic N) is 2. The molecule has 0 radical (unpaired) electrons. The van der Waals surface area contributed by atoms with E-state index in [-0.39, 0.29) is 12.1 Å². The van der Waals surface area contributed by atoms with Crippen molar-refractivity contribution in [3.05, 3.63) is 22.7 Å². The number of aromatic nitrogens is 2. The standard InChI is InChI=1S/C10H15N3O3/c1-7(2)4-13(5-10(15)16)8-3-9(14)12-6-11-8/h3,6-7H,4-5H2,1-2H3,(H,15,16)(H,11,12,14).